The van der Waals surface area contributed by atoms with Crippen molar-refractivity contribution in [3.05, 3.63) is 59.4 Å². The number of thioether (sulfide) groups is 1. The molecule has 0 aliphatic carbocycles. The van der Waals surface area contributed by atoms with Gasteiger partial charge in [0.05, 0.1) is 10.4 Å². The molecule has 0 aliphatic heterocycles. The molecule has 4 nitrogen and oxygen atoms in total. The molecule has 1 heterocycles. The number of hydrogen-bond acceptors (Lipinski definition) is 5. The quantitative estimate of drug-likeness (QED) is 0.492. The van der Waals surface area contributed by atoms with Crippen molar-refractivity contribution >= 4 is 44.1 Å². The van der Waals surface area contributed by atoms with Gasteiger partial charge in [0.25, 0.3) is 0 Å². The lowest BCUT2D eigenvalue weighted by Crippen LogP contribution is -1.98. The Morgan fingerprint density at radius 1 is 1.08 bits per heavy atom. The van der Waals surface area contributed by atoms with Gasteiger partial charge in [-0.2, -0.15) is 0 Å². The van der Waals surface area contributed by atoms with Crippen LogP contribution in [0.15, 0.2) is 58.7 Å². The van der Waals surface area contributed by atoms with Gasteiger partial charge in [-0.05, 0) is 42.8 Å². The van der Waals surface area contributed by atoms with Gasteiger partial charge in [-0.15, -0.1) is 0 Å². The molecular weight excluding hydrogens is 364 g/mol. The molecule has 24 heavy (non-hydrogen) atoms. The van der Waals surface area contributed by atoms with E-state index >= 15 is 0 Å². The first kappa shape index (κ1) is 17.2. The van der Waals surface area contributed by atoms with E-state index < -0.39 is 9.84 Å². The van der Waals surface area contributed by atoms with Crippen LogP contribution in [-0.2, 0) is 9.84 Å². The molecule has 0 fully saturated rings. The molecule has 3 aromatic rings. The molecule has 2 aromatic carbocycles. The van der Waals surface area contributed by atoms with Gasteiger partial charge >= 0.3 is 0 Å². The van der Waals surface area contributed by atoms with Crippen molar-refractivity contribution < 1.29 is 8.42 Å². The van der Waals surface area contributed by atoms with Crippen molar-refractivity contribution in [1.82, 2.24) is 9.97 Å². The third-order valence-corrected chi connectivity index (χ3v) is 6.16. The average Bonchev–Trinajstić information content (AvgIpc) is 2.54. The number of rotatable bonds is 4. The van der Waals surface area contributed by atoms with E-state index in [1.165, 1.54) is 12.6 Å². The molecule has 1 aromatic heterocycles. The summed E-state index contributed by atoms with van der Waals surface area (Å²) in [6, 6.07) is 12.6. The summed E-state index contributed by atoms with van der Waals surface area (Å²) in [6.07, 6.45) is 2.69. The van der Waals surface area contributed by atoms with Crippen LogP contribution in [0.1, 0.15) is 17.7 Å². The highest BCUT2D eigenvalue weighted by Crippen LogP contribution is 2.37. The van der Waals surface area contributed by atoms with E-state index in [-0.39, 0.29) is 10.1 Å². The van der Waals surface area contributed by atoms with Crippen molar-refractivity contribution in [1.29, 1.82) is 0 Å². The van der Waals surface area contributed by atoms with Gasteiger partial charge in [0.2, 0.25) is 0 Å². The minimum absolute atomic E-state index is 0.141. The highest BCUT2D eigenvalue weighted by molar-refractivity contribution is 7.99. The van der Waals surface area contributed by atoms with Crippen molar-refractivity contribution in [2.75, 3.05) is 6.26 Å². The van der Waals surface area contributed by atoms with E-state index in [0.29, 0.717) is 5.02 Å². The van der Waals surface area contributed by atoms with Gasteiger partial charge in [0.15, 0.2) is 9.84 Å². The van der Waals surface area contributed by atoms with Crippen LogP contribution in [0.25, 0.3) is 10.9 Å². The van der Waals surface area contributed by atoms with Crippen LogP contribution < -0.4 is 0 Å². The van der Waals surface area contributed by atoms with Crippen molar-refractivity contribution in [3.8, 4) is 0 Å². The van der Waals surface area contributed by atoms with Crippen molar-refractivity contribution in [3.63, 3.8) is 0 Å². The summed E-state index contributed by atoms with van der Waals surface area (Å²) in [4.78, 5) is 8.83. The number of nitrogens with zero attached hydrogens (tertiary/aromatic N) is 2. The zero-order chi connectivity index (χ0) is 17.3. The maximum Gasteiger partial charge on any atom is 0.175 e. The van der Waals surface area contributed by atoms with Crippen LogP contribution in [0.3, 0.4) is 0 Å². The number of benzene rings is 2. The summed E-state index contributed by atoms with van der Waals surface area (Å²) in [6.45, 7) is 2.07. The van der Waals surface area contributed by atoms with Crippen LogP contribution in [0, 0.1) is 0 Å². The summed E-state index contributed by atoms with van der Waals surface area (Å²) < 4.78 is 23.6. The Kier molecular flexibility index (Phi) is 4.80. The fourth-order valence-electron chi connectivity index (χ4n) is 2.31. The summed E-state index contributed by atoms with van der Waals surface area (Å²) in [5.74, 6) is 0. The summed E-state index contributed by atoms with van der Waals surface area (Å²) >= 11 is 7.49. The highest BCUT2D eigenvalue weighted by Gasteiger charge is 2.14. The number of halogens is 1. The first-order valence-electron chi connectivity index (χ1n) is 7.21. The molecule has 0 amide bonds. The molecule has 1 unspecified atom stereocenters. The average molecular weight is 379 g/mol. The minimum Gasteiger partial charge on any atom is -0.236 e. The molecule has 0 saturated carbocycles. The monoisotopic (exact) mass is 378 g/mol. The van der Waals surface area contributed by atoms with E-state index in [4.69, 9.17) is 11.6 Å². The number of sulfone groups is 1. The molecule has 7 heteroatoms. The molecule has 124 valence electrons. The molecular formula is C17H15ClN2O2S2. The van der Waals surface area contributed by atoms with Crippen LogP contribution >= 0.6 is 23.4 Å². The molecule has 3 rings (SSSR count). The molecule has 0 saturated heterocycles. The minimum atomic E-state index is -3.28. The topological polar surface area (TPSA) is 59.9 Å². The SMILES string of the molecule is CC(Sc1ncnc2ccc(S(C)(=O)=O)cc12)c1ccc(Cl)cc1. The Hall–Kier alpha value is -1.63. The predicted molar refractivity (Wildman–Crippen MR) is 98.4 cm³/mol. The third kappa shape index (κ3) is 3.71. The lowest BCUT2D eigenvalue weighted by Gasteiger charge is -2.13. The Morgan fingerprint density at radius 3 is 2.46 bits per heavy atom. The Morgan fingerprint density at radius 2 is 1.79 bits per heavy atom. The largest absolute Gasteiger partial charge is 0.236 e. The number of hydrogen-bond donors (Lipinski definition) is 0. The van der Waals surface area contributed by atoms with Crippen molar-refractivity contribution in [2.45, 2.75) is 22.1 Å². The Bertz CT molecular complexity index is 989. The smallest absolute Gasteiger partial charge is 0.175 e. The standard InChI is InChI=1S/C17H15ClN2O2S2/c1-11(12-3-5-13(18)6-4-12)23-17-15-9-14(24(2,21)22)7-8-16(15)19-10-20-17/h3-11H,1-2H3. The van der Waals surface area contributed by atoms with Gasteiger partial charge in [-0.1, -0.05) is 35.5 Å². The van der Waals surface area contributed by atoms with Gasteiger partial charge in [0.1, 0.15) is 11.4 Å². The summed E-state index contributed by atoms with van der Waals surface area (Å²) in [5, 5.41) is 2.34. The normalized spacial score (nSPS) is 13.1. The molecule has 0 spiro atoms. The zero-order valence-electron chi connectivity index (χ0n) is 13.1. The maximum absolute atomic E-state index is 11.8. The fraction of sp³-hybridized carbons (Fsp3) is 0.176. The number of fused-ring (bicyclic) bond motifs is 1. The lowest BCUT2D eigenvalue weighted by molar-refractivity contribution is 0.602. The van der Waals surface area contributed by atoms with Gasteiger partial charge < -0.3 is 0 Å². The summed E-state index contributed by atoms with van der Waals surface area (Å²) in [7, 11) is -3.28. The Balaban J connectivity index is 2.01. The van der Waals surface area contributed by atoms with Crippen LogP contribution in [0.4, 0.5) is 0 Å². The van der Waals surface area contributed by atoms with Crippen molar-refractivity contribution in [2.24, 2.45) is 0 Å². The van der Waals surface area contributed by atoms with E-state index in [0.717, 1.165) is 21.5 Å². The van der Waals surface area contributed by atoms with E-state index in [1.807, 2.05) is 24.3 Å². The van der Waals surface area contributed by atoms with Crippen LogP contribution in [0.2, 0.25) is 5.02 Å². The zero-order valence-corrected chi connectivity index (χ0v) is 15.5. The molecule has 0 radical (unpaired) electrons. The summed E-state index contributed by atoms with van der Waals surface area (Å²) in [5.41, 5.74) is 1.85. The first-order valence-corrected chi connectivity index (χ1v) is 10.4. The second kappa shape index (κ2) is 6.70. The van der Waals surface area contributed by atoms with E-state index in [2.05, 4.69) is 16.9 Å². The molecule has 0 aliphatic rings. The van der Waals surface area contributed by atoms with E-state index in [9.17, 15) is 8.42 Å². The number of aromatic nitrogens is 2. The van der Waals surface area contributed by atoms with Crippen LogP contribution in [0.5, 0.6) is 0 Å². The van der Waals surface area contributed by atoms with Gasteiger partial charge in [-0.3, -0.25) is 0 Å². The fourth-order valence-corrected chi connectivity index (χ4v) is 4.11. The van der Waals surface area contributed by atoms with Gasteiger partial charge in [0, 0.05) is 21.9 Å². The molecule has 0 N–H and O–H groups in total. The van der Waals surface area contributed by atoms with Gasteiger partial charge in [-0.25, -0.2) is 18.4 Å². The highest BCUT2D eigenvalue weighted by atomic mass is 35.5. The van der Waals surface area contributed by atoms with Crippen LogP contribution in [-0.4, -0.2) is 24.6 Å². The molecule has 0 bridgehead atoms. The Labute approximate surface area is 150 Å². The molecule has 1 atom stereocenters. The lowest BCUT2D eigenvalue weighted by atomic mass is 10.2. The predicted octanol–water partition coefficient (Wildman–Crippen LogP) is 4.54. The second-order valence-corrected chi connectivity index (χ2v) is 9.22. The maximum atomic E-state index is 11.8. The second-order valence-electron chi connectivity index (χ2n) is 5.44. The third-order valence-electron chi connectivity index (χ3n) is 3.63. The first-order chi connectivity index (χ1) is 11.3. The van der Waals surface area contributed by atoms with E-state index in [1.54, 1.807) is 30.0 Å².